The Kier molecular flexibility index (Phi) is 4.34. The minimum absolute atomic E-state index is 0.0706. The lowest BCUT2D eigenvalue weighted by molar-refractivity contribution is 0.0709. The third kappa shape index (κ3) is 3.43. The van der Waals surface area contributed by atoms with Crippen LogP contribution >= 0.6 is 0 Å². The van der Waals surface area contributed by atoms with E-state index in [1.807, 2.05) is 29.2 Å². The minimum Gasteiger partial charge on any atom is -0.456 e. The smallest absolute Gasteiger partial charge is 0.253 e. The van der Waals surface area contributed by atoms with Crippen LogP contribution in [0.1, 0.15) is 17.3 Å². The second kappa shape index (κ2) is 6.58. The molecule has 1 aromatic heterocycles. The Morgan fingerprint density at radius 3 is 2.77 bits per heavy atom. The molecule has 1 atom stereocenters. The van der Waals surface area contributed by atoms with Gasteiger partial charge < -0.3 is 15.0 Å². The molecule has 2 aromatic rings. The fraction of sp³-hybridized carbons (Fsp3) is 0.294. The van der Waals surface area contributed by atoms with Gasteiger partial charge in [0.25, 0.3) is 5.91 Å². The highest BCUT2D eigenvalue weighted by atomic mass is 16.5. The van der Waals surface area contributed by atoms with E-state index in [1.165, 1.54) is 0 Å². The van der Waals surface area contributed by atoms with E-state index in [1.54, 1.807) is 24.5 Å². The second-order valence-electron chi connectivity index (χ2n) is 5.42. The van der Waals surface area contributed by atoms with Crippen molar-refractivity contribution in [2.75, 3.05) is 19.6 Å². The molecule has 1 fully saturated rings. The molecule has 0 aliphatic carbocycles. The maximum absolute atomic E-state index is 12.5. The number of benzene rings is 1. The van der Waals surface area contributed by atoms with Gasteiger partial charge in [-0.05, 0) is 43.3 Å². The number of aromatic nitrogens is 1. The van der Waals surface area contributed by atoms with Crippen molar-refractivity contribution in [3.8, 4) is 11.5 Å². The zero-order chi connectivity index (χ0) is 15.4. The van der Waals surface area contributed by atoms with E-state index in [0.29, 0.717) is 23.1 Å². The second-order valence-corrected chi connectivity index (χ2v) is 5.42. The number of piperazine rings is 1. The molecule has 1 saturated heterocycles. The van der Waals surface area contributed by atoms with Crippen LogP contribution in [0.15, 0.2) is 48.8 Å². The lowest BCUT2D eigenvalue weighted by atomic mass is 10.1. The van der Waals surface area contributed by atoms with Gasteiger partial charge in [0.2, 0.25) is 0 Å². The van der Waals surface area contributed by atoms with Crippen molar-refractivity contribution in [1.29, 1.82) is 0 Å². The molecule has 5 nitrogen and oxygen atoms in total. The number of nitrogens with one attached hydrogen (secondary N) is 1. The molecule has 0 bridgehead atoms. The lowest BCUT2D eigenvalue weighted by Crippen LogP contribution is -2.51. The fourth-order valence-electron chi connectivity index (χ4n) is 2.51. The minimum atomic E-state index is 0.0706. The van der Waals surface area contributed by atoms with Gasteiger partial charge in [0.15, 0.2) is 0 Å². The Labute approximate surface area is 129 Å². The predicted molar refractivity (Wildman–Crippen MR) is 84.1 cm³/mol. The first-order chi connectivity index (χ1) is 10.7. The summed E-state index contributed by atoms with van der Waals surface area (Å²) in [5, 5.41) is 3.33. The molecular formula is C17H19N3O2. The number of carbonyl (C=O) groups excluding carboxylic acids is 1. The van der Waals surface area contributed by atoms with Crippen LogP contribution in [0.5, 0.6) is 11.5 Å². The molecule has 5 heteroatoms. The Bertz CT molecular complexity index is 628. The first-order valence-corrected chi connectivity index (χ1v) is 7.43. The molecule has 0 unspecified atom stereocenters. The molecule has 22 heavy (non-hydrogen) atoms. The number of amides is 1. The monoisotopic (exact) mass is 297 g/mol. The van der Waals surface area contributed by atoms with Gasteiger partial charge in [-0.1, -0.05) is 0 Å². The first-order valence-electron chi connectivity index (χ1n) is 7.43. The number of rotatable bonds is 3. The van der Waals surface area contributed by atoms with Crippen LogP contribution in [0.3, 0.4) is 0 Å². The van der Waals surface area contributed by atoms with Gasteiger partial charge in [-0.25, -0.2) is 0 Å². The van der Waals surface area contributed by atoms with Crippen LogP contribution in [0.2, 0.25) is 0 Å². The summed E-state index contributed by atoms with van der Waals surface area (Å²) in [7, 11) is 0. The molecule has 2 heterocycles. The van der Waals surface area contributed by atoms with Gasteiger partial charge in [-0.3, -0.25) is 9.78 Å². The highest BCUT2D eigenvalue weighted by molar-refractivity contribution is 5.94. The molecule has 0 radical (unpaired) electrons. The largest absolute Gasteiger partial charge is 0.456 e. The maximum Gasteiger partial charge on any atom is 0.253 e. The van der Waals surface area contributed by atoms with Crippen molar-refractivity contribution >= 4 is 5.91 Å². The molecule has 0 spiro atoms. The molecule has 1 aromatic carbocycles. The average Bonchev–Trinajstić information content (AvgIpc) is 2.56. The van der Waals surface area contributed by atoms with Gasteiger partial charge in [0.1, 0.15) is 11.5 Å². The van der Waals surface area contributed by atoms with Gasteiger partial charge in [-0.15, -0.1) is 0 Å². The Hall–Kier alpha value is -2.40. The summed E-state index contributed by atoms with van der Waals surface area (Å²) in [5.74, 6) is 1.44. The Morgan fingerprint density at radius 1 is 1.27 bits per heavy atom. The van der Waals surface area contributed by atoms with Crippen LogP contribution in [0.4, 0.5) is 0 Å². The van der Waals surface area contributed by atoms with Crippen LogP contribution in [-0.2, 0) is 0 Å². The summed E-state index contributed by atoms with van der Waals surface area (Å²) in [6.07, 6.45) is 3.35. The van der Waals surface area contributed by atoms with E-state index >= 15 is 0 Å². The topological polar surface area (TPSA) is 54.5 Å². The number of pyridine rings is 1. The first kappa shape index (κ1) is 14.5. The van der Waals surface area contributed by atoms with E-state index < -0.39 is 0 Å². The van der Waals surface area contributed by atoms with Crippen molar-refractivity contribution in [2.45, 2.75) is 13.0 Å². The molecule has 1 aliphatic rings. The summed E-state index contributed by atoms with van der Waals surface area (Å²) < 4.78 is 5.68. The molecule has 0 saturated carbocycles. The zero-order valence-corrected chi connectivity index (χ0v) is 12.5. The zero-order valence-electron chi connectivity index (χ0n) is 12.5. The number of nitrogens with zero attached hydrogens (tertiary/aromatic N) is 2. The summed E-state index contributed by atoms with van der Waals surface area (Å²) >= 11 is 0. The van der Waals surface area contributed by atoms with Crippen molar-refractivity contribution in [3.63, 3.8) is 0 Å². The molecule has 1 amide bonds. The quantitative estimate of drug-likeness (QED) is 0.944. The van der Waals surface area contributed by atoms with E-state index in [9.17, 15) is 4.79 Å². The summed E-state index contributed by atoms with van der Waals surface area (Å²) in [5.41, 5.74) is 0.688. The highest BCUT2D eigenvalue weighted by Gasteiger charge is 2.21. The lowest BCUT2D eigenvalue weighted by Gasteiger charge is -2.32. The Balaban J connectivity index is 1.67. The highest BCUT2D eigenvalue weighted by Crippen LogP contribution is 2.21. The van der Waals surface area contributed by atoms with Gasteiger partial charge >= 0.3 is 0 Å². The third-order valence-corrected chi connectivity index (χ3v) is 3.63. The van der Waals surface area contributed by atoms with Crippen LogP contribution in [-0.4, -0.2) is 41.5 Å². The standard InChI is InChI=1S/C17H19N3O2/c1-13-12-20(10-9-19-13)17(21)14-4-6-15(7-5-14)22-16-3-2-8-18-11-16/h2-8,11,13,19H,9-10,12H2,1H3/t13-/m0/s1. The van der Waals surface area contributed by atoms with Crippen LogP contribution < -0.4 is 10.1 Å². The Morgan fingerprint density at radius 2 is 2.09 bits per heavy atom. The summed E-state index contributed by atoms with van der Waals surface area (Å²) in [6, 6.07) is 11.2. The van der Waals surface area contributed by atoms with E-state index in [0.717, 1.165) is 19.6 Å². The van der Waals surface area contributed by atoms with E-state index in [4.69, 9.17) is 4.74 Å². The van der Waals surface area contributed by atoms with Gasteiger partial charge in [0, 0.05) is 37.4 Å². The fourth-order valence-corrected chi connectivity index (χ4v) is 2.51. The van der Waals surface area contributed by atoms with Crippen molar-refractivity contribution in [2.24, 2.45) is 0 Å². The molecule has 1 aliphatic heterocycles. The summed E-state index contributed by atoms with van der Waals surface area (Å²) in [4.78, 5) is 18.4. The number of ether oxygens (including phenoxy) is 1. The van der Waals surface area contributed by atoms with Crippen LogP contribution in [0.25, 0.3) is 0 Å². The van der Waals surface area contributed by atoms with Gasteiger partial charge in [0.05, 0.1) is 6.20 Å². The molecular weight excluding hydrogens is 278 g/mol. The van der Waals surface area contributed by atoms with Crippen molar-refractivity contribution in [3.05, 3.63) is 54.4 Å². The van der Waals surface area contributed by atoms with Crippen molar-refractivity contribution in [1.82, 2.24) is 15.2 Å². The SMILES string of the molecule is C[C@H]1CN(C(=O)c2ccc(Oc3cccnc3)cc2)CCN1. The predicted octanol–water partition coefficient (Wildman–Crippen LogP) is 2.31. The normalized spacial score (nSPS) is 18.0. The van der Waals surface area contributed by atoms with E-state index in [2.05, 4.69) is 17.2 Å². The summed E-state index contributed by atoms with van der Waals surface area (Å²) in [6.45, 7) is 4.42. The third-order valence-electron chi connectivity index (χ3n) is 3.63. The number of hydrogen-bond donors (Lipinski definition) is 1. The molecule has 1 N–H and O–H groups in total. The average molecular weight is 297 g/mol. The number of hydrogen-bond acceptors (Lipinski definition) is 4. The van der Waals surface area contributed by atoms with Crippen molar-refractivity contribution < 1.29 is 9.53 Å². The van der Waals surface area contributed by atoms with E-state index in [-0.39, 0.29) is 5.91 Å². The number of carbonyl (C=O) groups is 1. The maximum atomic E-state index is 12.5. The molecule has 114 valence electrons. The molecule has 3 rings (SSSR count). The van der Waals surface area contributed by atoms with Crippen LogP contribution in [0, 0.1) is 0 Å². The van der Waals surface area contributed by atoms with Gasteiger partial charge in [-0.2, -0.15) is 0 Å².